The number of aromatic amines is 1. The molecule has 1 aliphatic heterocycles. The van der Waals surface area contributed by atoms with Crippen LogP contribution in [0.4, 0.5) is 5.69 Å². The predicted molar refractivity (Wildman–Crippen MR) is 99.7 cm³/mol. The Kier molecular flexibility index (Phi) is 4.92. The number of ether oxygens (including phenoxy) is 1. The Morgan fingerprint density at radius 3 is 2.64 bits per heavy atom. The van der Waals surface area contributed by atoms with E-state index in [0.717, 1.165) is 0 Å². The van der Waals surface area contributed by atoms with Crippen LogP contribution in [0.5, 0.6) is 0 Å². The molecule has 1 fully saturated rings. The van der Waals surface area contributed by atoms with Crippen molar-refractivity contribution < 1.29 is 29.6 Å². The van der Waals surface area contributed by atoms with E-state index in [2.05, 4.69) is 10.3 Å². The molecule has 1 aromatic carbocycles. The minimum Gasteiger partial charge on any atom is -0.422 e. The molecule has 9 nitrogen and oxygen atoms in total. The minimum atomic E-state index is -1.45. The van der Waals surface area contributed by atoms with Crippen LogP contribution in [0.25, 0.3) is 22.2 Å². The third-order valence-corrected chi connectivity index (χ3v) is 4.86. The number of aromatic nitrogens is 1. The smallest absolute Gasteiger partial charge is 0.345 e. The molecule has 0 saturated carbocycles. The fraction of sp³-hybridized carbons (Fsp3) is 0.316. The summed E-state index contributed by atoms with van der Waals surface area (Å²) < 4.78 is 10.5. The van der Waals surface area contributed by atoms with Crippen LogP contribution in [-0.4, -0.2) is 62.7 Å². The molecular formula is C19H20N2O7. The van der Waals surface area contributed by atoms with E-state index >= 15 is 0 Å². The molecule has 3 unspecified atom stereocenters. The molecule has 0 spiro atoms. The summed E-state index contributed by atoms with van der Waals surface area (Å²) in [5, 5.41) is 43.0. The molecule has 1 aliphatic rings. The van der Waals surface area contributed by atoms with Gasteiger partial charge in [-0.1, -0.05) is 0 Å². The van der Waals surface area contributed by atoms with E-state index in [1.54, 1.807) is 42.6 Å². The van der Waals surface area contributed by atoms with Crippen molar-refractivity contribution in [3.63, 3.8) is 0 Å². The summed E-state index contributed by atoms with van der Waals surface area (Å²) in [5.74, 6) is 0. The van der Waals surface area contributed by atoms with Crippen molar-refractivity contribution in [2.75, 3.05) is 11.9 Å². The quantitative estimate of drug-likeness (QED) is 0.342. The van der Waals surface area contributed by atoms with Gasteiger partial charge in [-0.25, -0.2) is 4.79 Å². The number of fused-ring (bicyclic) bond motifs is 1. The summed E-state index contributed by atoms with van der Waals surface area (Å²) >= 11 is 0. The van der Waals surface area contributed by atoms with E-state index < -0.39 is 42.9 Å². The molecule has 0 radical (unpaired) electrons. The zero-order valence-electron chi connectivity index (χ0n) is 14.6. The number of nitrogens with one attached hydrogen (secondary N) is 2. The number of rotatable bonds is 4. The maximum absolute atomic E-state index is 12.3. The first-order valence-electron chi connectivity index (χ1n) is 8.76. The number of hydrogen-bond donors (Lipinski definition) is 6. The highest BCUT2D eigenvalue weighted by Crippen LogP contribution is 2.26. The van der Waals surface area contributed by atoms with E-state index in [0.29, 0.717) is 27.9 Å². The zero-order chi connectivity index (χ0) is 19.8. The summed E-state index contributed by atoms with van der Waals surface area (Å²) in [6, 6.07) is 9.18. The monoisotopic (exact) mass is 388 g/mol. The molecule has 28 heavy (non-hydrogen) atoms. The van der Waals surface area contributed by atoms with Gasteiger partial charge in [-0.2, -0.15) is 0 Å². The number of anilines is 1. The van der Waals surface area contributed by atoms with Gasteiger partial charge in [-0.15, -0.1) is 0 Å². The van der Waals surface area contributed by atoms with Crippen LogP contribution in [-0.2, 0) is 4.74 Å². The van der Waals surface area contributed by atoms with E-state index in [-0.39, 0.29) is 0 Å². The summed E-state index contributed by atoms with van der Waals surface area (Å²) in [5.41, 5.74) is 1.32. The van der Waals surface area contributed by atoms with Crippen LogP contribution in [0.1, 0.15) is 0 Å². The van der Waals surface area contributed by atoms with Crippen LogP contribution in [0.3, 0.4) is 0 Å². The number of hydrogen-bond acceptors (Lipinski definition) is 8. The molecule has 0 bridgehead atoms. The van der Waals surface area contributed by atoms with Gasteiger partial charge in [0.2, 0.25) is 0 Å². The Hall–Kier alpha value is -2.69. The van der Waals surface area contributed by atoms with Crippen molar-refractivity contribution in [2.24, 2.45) is 0 Å². The fourth-order valence-corrected chi connectivity index (χ4v) is 3.33. The van der Waals surface area contributed by atoms with Gasteiger partial charge in [0.25, 0.3) is 0 Å². The summed E-state index contributed by atoms with van der Waals surface area (Å²) in [6.07, 6.45) is -3.56. The molecule has 6 N–H and O–H groups in total. The molecule has 148 valence electrons. The maximum Gasteiger partial charge on any atom is 0.345 e. The van der Waals surface area contributed by atoms with Gasteiger partial charge >= 0.3 is 5.63 Å². The van der Waals surface area contributed by atoms with Gasteiger partial charge in [0.15, 0.2) is 6.29 Å². The topological polar surface area (TPSA) is 148 Å². The Labute approximate surface area is 158 Å². The molecule has 5 atom stereocenters. The Balaban J connectivity index is 1.62. The second-order valence-corrected chi connectivity index (χ2v) is 6.68. The normalized spacial score (nSPS) is 27.8. The van der Waals surface area contributed by atoms with E-state index in [1.807, 2.05) is 0 Å². The Bertz CT molecular complexity index is 1020. The highest BCUT2D eigenvalue weighted by atomic mass is 16.6. The zero-order valence-corrected chi connectivity index (χ0v) is 14.6. The average Bonchev–Trinajstić information content (AvgIpc) is 3.22. The second kappa shape index (κ2) is 7.38. The Morgan fingerprint density at radius 1 is 1.11 bits per heavy atom. The first-order chi connectivity index (χ1) is 13.5. The standard InChI is InChI=1S/C19H20N2O7/c22-8-14-16(23)17(24)15(19(26)28-14)21-10-4-3-9-6-11(12-2-1-5-20-12)18(25)27-13(9)7-10/h1-7,14-17,19-24,26H,8H2/t14?,15?,16-,17-,19?/m1/s1. The first-order valence-corrected chi connectivity index (χ1v) is 8.76. The summed E-state index contributed by atoms with van der Waals surface area (Å²) in [7, 11) is 0. The maximum atomic E-state index is 12.3. The summed E-state index contributed by atoms with van der Waals surface area (Å²) in [6.45, 7) is -0.535. The van der Waals surface area contributed by atoms with Crippen molar-refractivity contribution in [1.29, 1.82) is 0 Å². The highest BCUT2D eigenvalue weighted by molar-refractivity contribution is 5.83. The average molecular weight is 388 g/mol. The van der Waals surface area contributed by atoms with Crippen LogP contribution in [0.2, 0.25) is 0 Å². The van der Waals surface area contributed by atoms with Crippen molar-refractivity contribution in [2.45, 2.75) is 30.6 Å². The number of aliphatic hydroxyl groups is 4. The number of aliphatic hydroxyl groups excluding tert-OH is 4. The van der Waals surface area contributed by atoms with Crippen LogP contribution in [0.15, 0.2) is 51.8 Å². The molecule has 4 rings (SSSR count). The minimum absolute atomic E-state index is 0.319. The molecular weight excluding hydrogens is 368 g/mol. The summed E-state index contributed by atoms with van der Waals surface area (Å²) in [4.78, 5) is 15.2. The predicted octanol–water partition coefficient (Wildman–Crippen LogP) is -0.000100. The van der Waals surface area contributed by atoms with Crippen LogP contribution in [0, 0.1) is 0 Å². The van der Waals surface area contributed by atoms with Crippen molar-refractivity contribution >= 4 is 16.7 Å². The van der Waals surface area contributed by atoms with Gasteiger partial charge in [-0.05, 0) is 30.3 Å². The molecule has 2 aromatic heterocycles. The first kappa shape index (κ1) is 18.7. The van der Waals surface area contributed by atoms with Crippen LogP contribution >= 0.6 is 0 Å². The van der Waals surface area contributed by atoms with Crippen molar-refractivity contribution in [3.8, 4) is 11.3 Å². The van der Waals surface area contributed by atoms with E-state index in [1.165, 1.54) is 0 Å². The molecule has 0 amide bonds. The highest BCUT2D eigenvalue weighted by Gasteiger charge is 2.43. The molecule has 9 heteroatoms. The number of H-pyrrole nitrogens is 1. The third-order valence-electron chi connectivity index (χ3n) is 4.86. The van der Waals surface area contributed by atoms with Gasteiger partial charge in [-0.3, -0.25) is 0 Å². The lowest BCUT2D eigenvalue weighted by Crippen LogP contribution is -2.61. The lowest BCUT2D eigenvalue weighted by molar-refractivity contribution is -0.245. The van der Waals surface area contributed by atoms with Gasteiger partial charge in [0, 0.05) is 23.3 Å². The molecule has 3 aromatic rings. The van der Waals surface area contributed by atoms with E-state index in [4.69, 9.17) is 14.3 Å². The lowest BCUT2D eigenvalue weighted by Gasteiger charge is -2.40. The largest absolute Gasteiger partial charge is 0.422 e. The Morgan fingerprint density at radius 2 is 1.93 bits per heavy atom. The number of benzene rings is 1. The fourth-order valence-electron chi connectivity index (χ4n) is 3.33. The van der Waals surface area contributed by atoms with Gasteiger partial charge in [0.05, 0.1) is 17.9 Å². The van der Waals surface area contributed by atoms with Crippen molar-refractivity contribution in [1.82, 2.24) is 4.98 Å². The lowest BCUT2D eigenvalue weighted by atomic mass is 9.97. The second-order valence-electron chi connectivity index (χ2n) is 6.68. The molecule has 1 saturated heterocycles. The molecule has 0 aliphatic carbocycles. The van der Waals surface area contributed by atoms with E-state index in [9.17, 15) is 20.1 Å². The SMILES string of the molecule is O=c1oc2cc(NC3C(O)OC(CO)[C@@H](O)[C@@H]3O)ccc2cc1-c1ccc[nH]1. The van der Waals surface area contributed by atoms with Crippen molar-refractivity contribution in [3.05, 3.63) is 53.0 Å². The third kappa shape index (κ3) is 3.30. The van der Waals surface area contributed by atoms with Gasteiger partial charge < -0.3 is 39.9 Å². The van der Waals surface area contributed by atoms with Gasteiger partial charge in [0.1, 0.15) is 29.9 Å². The molecule has 3 heterocycles. The van der Waals surface area contributed by atoms with Crippen LogP contribution < -0.4 is 10.9 Å².